The van der Waals surface area contributed by atoms with E-state index in [1.807, 2.05) is 4.68 Å². The largest absolute Gasteiger partial charge is 0.299 e. The Kier molecular flexibility index (Phi) is 3.36. The molecule has 0 bridgehead atoms. The predicted octanol–water partition coefficient (Wildman–Crippen LogP) is 2.16. The smallest absolute Gasteiger partial charge is 0.138 e. The number of hydrogen-bond acceptors (Lipinski definition) is 3. The summed E-state index contributed by atoms with van der Waals surface area (Å²) >= 11 is 0. The molecule has 0 spiro atoms. The Balaban J connectivity index is 2.07. The van der Waals surface area contributed by atoms with E-state index in [1.54, 1.807) is 6.33 Å². The number of carbonyl (C=O) groups is 1. The quantitative estimate of drug-likeness (QED) is 0.785. The second kappa shape index (κ2) is 4.76. The topological polar surface area (TPSA) is 47.8 Å². The molecule has 1 unspecified atom stereocenters. The normalized spacial score (nSPS) is 21.7. The van der Waals surface area contributed by atoms with Gasteiger partial charge in [-0.05, 0) is 26.7 Å². The SMILES string of the molecule is CC(C)n1ncnc1CC1CCCCC1=O. The summed E-state index contributed by atoms with van der Waals surface area (Å²) in [4.78, 5) is 16.0. The maximum Gasteiger partial charge on any atom is 0.138 e. The molecule has 0 radical (unpaired) electrons. The standard InChI is InChI=1S/C12H19N3O/c1-9(2)15-12(13-8-14-15)7-10-5-3-4-6-11(10)16/h8-10H,3-7H2,1-2H3. The first kappa shape index (κ1) is 11.3. The van der Waals surface area contributed by atoms with E-state index in [-0.39, 0.29) is 5.92 Å². The van der Waals surface area contributed by atoms with Crippen LogP contribution in [-0.4, -0.2) is 20.5 Å². The molecular weight excluding hydrogens is 202 g/mol. The second-order valence-electron chi connectivity index (χ2n) is 4.83. The first-order chi connectivity index (χ1) is 7.68. The van der Waals surface area contributed by atoms with Crippen LogP contribution in [0.3, 0.4) is 0 Å². The number of Topliss-reactive ketones (excluding diaryl/α,β-unsaturated/α-hetero) is 1. The Morgan fingerprint density at radius 3 is 3.00 bits per heavy atom. The molecular formula is C12H19N3O. The number of carbonyl (C=O) groups excluding carboxylic acids is 1. The first-order valence-electron chi connectivity index (χ1n) is 6.09. The summed E-state index contributed by atoms with van der Waals surface area (Å²) in [5.41, 5.74) is 0. The molecule has 0 aliphatic heterocycles. The van der Waals surface area contributed by atoms with E-state index < -0.39 is 0 Å². The van der Waals surface area contributed by atoms with Crippen molar-refractivity contribution < 1.29 is 4.79 Å². The molecule has 1 aliphatic rings. The number of aromatic nitrogens is 3. The molecule has 1 aromatic rings. The number of ketones is 1. The van der Waals surface area contributed by atoms with Crippen LogP contribution in [0, 0.1) is 5.92 Å². The fourth-order valence-electron chi connectivity index (χ4n) is 2.34. The molecule has 88 valence electrons. The lowest BCUT2D eigenvalue weighted by atomic mass is 9.85. The maximum atomic E-state index is 11.7. The average molecular weight is 221 g/mol. The molecule has 1 fully saturated rings. The van der Waals surface area contributed by atoms with Gasteiger partial charge in [-0.3, -0.25) is 4.79 Å². The van der Waals surface area contributed by atoms with E-state index in [1.165, 1.54) is 6.42 Å². The molecule has 1 aliphatic carbocycles. The van der Waals surface area contributed by atoms with Gasteiger partial charge in [0.25, 0.3) is 0 Å². The molecule has 4 heteroatoms. The number of rotatable bonds is 3. The van der Waals surface area contributed by atoms with Crippen molar-refractivity contribution >= 4 is 5.78 Å². The van der Waals surface area contributed by atoms with Crippen LogP contribution in [0.15, 0.2) is 6.33 Å². The Morgan fingerprint density at radius 1 is 1.50 bits per heavy atom. The van der Waals surface area contributed by atoms with Gasteiger partial charge in [0.2, 0.25) is 0 Å². The van der Waals surface area contributed by atoms with Gasteiger partial charge in [0.05, 0.1) is 0 Å². The van der Waals surface area contributed by atoms with Gasteiger partial charge >= 0.3 is 0 Å². The van der Waals surface area contributed by atoms with Crippen molar-refractivity contribution in [1.29, 1.82) is 0 Å². The van der Waals surface area contributed by atoms with E-state index in [4.69, 9.17) is 0 Å². The molecule has 0 N–H and O–H groups in total. The molecule has 1 saturated carbocycles. The molecule has 2 rings (SSSR count). The van der Waals surface area contributed by atoms with Crippen molar-refractivity contribution in [2.75, 3.05) is 0 Å². The highest BCUT2D eigenvalue weighted by molar-refractivity contribution is 5.81. The molecule has 0 amide bonds. The zero-order valence-electron chi connectivity index (χ0n) is 10.0. The van der Waals surface area contributed by atoms with Crippen molar-refractivity contribution in [2.24, 2.45) is 5.92 Å². The lowest BCUT2D eigenvalue weighted by molar-refractivity contribution is -0.124. The van der Waals surface area contributed by atoms with Gasteiger partial charge in [0.1, 0.15) is 17.9 Å². The van der Waals surface area contributed by atoms with Crippen molar-refractivity contribution in [2.45, 2.75) is 52.0 Å². The van der Waals surface area contributed by atoms with Crippen molar-refractivity contribution in [3.63, 3.8) is 0 Å². The minimum atomic E-state index is 0.176. The Hall–Kier alpha value is -1.19. The van der Waals surface area contributed by atoms with Crippen LogP contribution >= 0.6 is 0 Å². The van der Waals surface area contributed by atoms with E-state index >= 15 is 0 Å². The van der Waals surface area contributed by atoms with Crippen LogP contribution in [0.2, 0.25) is 0 Å². The lowest BCUT2D eigenvalue weighted by Crippen LogP contribution is -2.23. The predicted molar refractivity (Wildman–Crippen MR) is 61.1 cm³/mol. The fourth-order valence-corrected chi connectivity index (χ4v) is 2.34. The van der Waals surface area contributed by atoms with Gasteiger partial charge in [0.15, 0.2) is 0 Å². The summed E-state index contributed by atoms with van der Waals surface area (Å²) in [7, 11) is 0. The van der Waals surface area contributed by atoms with E-state index in [0.717, 1.165) is 31.5 Å². The van der Waals surface area contributed by atoms with Gasteiger partial charge in [0, 0.05) is 24.8 Å². The molecule has 1 atom stereocenters. The number of nitrogens with zero attached hydrogens (tertiary/aromatic N) is 3. The molecule has 1 aromatic heterocycles. The van der Waals surface area contributed by atoms with Crippen LogP contribution in [0.1, 0.15) is 51.4 Å². The van der Waals surface area contributed by atoms with E-state index in [2.05, 4.69) is 23.9 Å². The monoisotopic (exact) mass is 221 g/mol. The zero-order chi connectivity index (χ0) is 11.5. The van der Waals surface area contributed by atoms with Crippen molar-refractivity contribution in [3.8, 4) is 0 Å². The highest BCUT2D eigenvalue weighted by atomic mass is 16.1. The molecule has 0 aromatic carbocycles. The van der Waals surface area contributed by atoms with Gasteiger partial charge in [-0.15, -0.1) is 0 Å². The Bertz CT molecular complexity index is 370. The molecule has 1 heterocycles. The lowest BCUT2D eigenvalue weighted by Gasteiger charge is -2.20. The summed E-state index contributed by atoms with van der Waals surface area (Å²) in [6, 6.07) is 0.316. The highest BCUT2D eigenvalue weighted by Gasteiger charge is 2.24. The van der Waals surface area contributed by atoms with Crippen LogP contribution < -0.4 is 0 Å². The minimum absolute atomic E-state index is 0.176. The second-order valence-corrected chi connectivity index (χ2v) is 4.83. The van der Waals surface area contributed by atoms with Gasteiger partial charge in [-0.2, -0.15) is 5.10 Å². The van der Waals surface area contributed by atoms with E-state index in [9.17, 15) is 4.79 Å². The Labute approximate surface area is 96.1 Å². The summed E-state index contributed by atoms with van der Waals surface area (Å²) < 4.78 is 1.92. The molecule has 4 nitrogen and oxygen atoms in total. The third kappa shape index (κ3) is 2.31. The summed E-state index contributed by atoms with van der Waals surface area (Å²) in [6.45, 7) is 4.17. The van der Waals surface area contributed by atoms with Gasteiger partial charge in [-0.1, -0.05) is 6.42 Å². The van der Waals surface area contributed by atoms with Gasteiger partial charge in [-0.25, -0.2) is 9.67 Å². The minimum Gasteiger partial charge on any atom is -0.299 e. The maximum absolute atomic E-state index is 11.7. The first-order valence-corrected chi connectivity index (χ1v) is 6.09. The molecule has 0 saturated heterocycles. The third-order valence-electron chi connectivity index (χ3n) is 3.25. The highest BCUT2D eigenvalue weighted by Crippen LogP contribution is 2.24. The summed E-state index contributed by atoms with van der Waals surface area (Å²) in [5, 5.41) is 4.20. The third-order valence-corrected chi connectivity index (χ3v) is 3.25. The van der Waals surface area contributed by atoms with Crippen molar-refractivity contribution in [1.82, 2.24) is 14.8 Å². The average Bonchev–Trinajstić information content (AvgIpc) is 2.69. The van der Waals surface area contributed by atoms with Crippen LogP contribution in [0.4, 0.5) is 0 Å². The van der Waals surface area contributed by atoms with Gasteiger partial charge < -0.3 is 0 Å². The van der Waals surface area contributed by atoms with E-state index in [0.29, 0.717) is 11.8 Å². The Morgan fingerprint density at radius 2 is 2.31 bits per heavy atom. The summed E-state index contributed by atoms with van der Waals surface area (Å²) in [6.07, 6.45) is 6.35. The summed E-state index contributed by atoms with van der Waals surface area (Å²) in [5.74, 6) is 1.54. The molecule has 16 heavy (non-hydrogen) atoms. The van der Waals surface area contributed by atoms with Crippen LogP contribution in [0.25, 0.3) is 0 Å². The fraction of sp³-hybridized carbons (Fsp3) is 0.750. The van der Waals surface area contributed by atoms with Crippen LogP contribution in [-0.2, 0) is 11.2 Å². The van der Waals surface area contributed by atoms with Crippen molar-refractivity contribution in [3.05, 3.63) is 12.2 Å². The number of hydrogen-bond donors (Lipinski definition) is 0. The zero-order valence-corrected chi connectivity index (χ0v) is 10.0. The van der Waals surface area contributed by atoms with Crippen LogP contribution in [0.5, 0.6) is 0 Å².